The molecule has 0 spiro atoms. The average Bonchev–Trinajstić information content (AvgIpc) is 2.34. The average molecular weight is 393 g/mol. The fourth-order valence-corrected chi connectivity index (χ4v) is 14.9. The summed E-state index contributed by atoms with van der Waals surface area (Å²) in [5, 5.41) is 0. The molecule has 0 atom stereocenters. The zero-order chi connectivity index (χ0) is 20.0. The second-order valence-corrected chi connectivity index (χ2v) is 16.7. The first-order valence-electron chi connectivity index (χ1n) is 9.97. The van der Waals surface area contributed by atoms with Crippen LogP contribution in [0.4, 0.5) is 0 Å². The van der Waals surface area contributed by atoms with Gasteiger partial charge in [-0.2, -0.15) is 0 Å². The van der Waals surface area contributed by atoms with Crippen LogP contribution in [-0.2, 0) is 17.7 Å². The van der Waals surface area contributed by atoms with Gasteiger partial charge in [-0.3, -0.25) is 0 Å². The van der Waals surface area contributed by atoms with Crippen LogP contribution in [0.25, 0.3) is 0 Å². The van der Waals surface area contributed by atoms with Crippen LogP contribution in [0.5, 0.6) is 0 Å². The Morgan fingerprint density at radius 2 is 0.640 bits per heavy atom. The fraction of sp³-hybridized carbons (Fsp3) is 1.00. The van der Waals surface area contributed by atoms with E-state index in [-0.39, 0.29) is 24.4 Å². The van der Waals surface area contributed by atoms with Crippen LogP contribution < -0.4 is 0 Å². The molecule has 0 aliphatic rings. The van der Waals surface area contributed by atoms with Crippen LogP contribution in [0.15, 0.2) is 0 Å². The molecule has 0 amide bonds. The molecule has 0 aromatic heterocycles. The molecule has 0 aliphatic heterocycles. The Bertz CT molecular complexity index is 314. The molecule has 0 aromatic carbocycles. The van der Waals surface area contributed by atoms with Crippen LogP contribution in [-0.4, -0.2) is 41.5 Å². The van der Waals surface area contributed by atoms with Crippen molar-refractivity contribution in [2.45, 2.75) is 124 Å². The van der Waals surface area contributed by atoms with Gasteiger partial charge >= 0.3 is 17.1 Å². The monoisotopic (exact) mass is 392 g/mol. The molecule has 0 bridgehead atoms. The van der Waals surface area contributed by atoms with Gasteiger partial charge in [0.15, 0.2) is 0 Å². The molecular formula is C19H44O4Si2. The Morgan fingerprint density at radius 1 is 0.440 bits per heavy atom. The lowest BCUT2D eigenvalue weighted by atomic mass is 10.5. The Balaban J connectivity index is 6.07. The van der Waals surface area contributed by atoms with Crippen LogP contribution in [0.3, 0.4) is 0 Å². The van der Waals surface area contributed by atoms with Gasteiger partial charge in [0.2, 0.25) is 0 Å². The molecule has 0 rings (SSSR count). The molecule has 6 heteroatoms. The van der Waals surface area contributed by atoms with E-state index in [2.05, 4.69) is 83.1 Å². The molecular weight excluding hydrogens is 348 g/mol. The third kappa shape index (κ3) is 8.22. The lowest BCUT2D eigenvalue weighted by molar-refractivity contribution is 0.0807. The van der Waals surface area contributed by atoms with E-state index in [0.717, 1.165) is 5.67 Å². The standard InChI is InChI=1S/C19H44O4Si2/c1-14(2)20-24(18(9)10,21-15(3)4)13-25(19(11)12,22-16(5)6)23-17(7)8/h14-19H,13H2,1-12H3. The SMILES string of the molecule is CC(C)O[Si](C[Si](OC(C)C)(OC(C)C)C(C)C)(OC(C)C)C(C)C. The van der Waals surface area contributed by atoms with Crippen molar-refractivity contribution in [1.29, 1.82) is 0 Å². The molecule has 0 unspecified atom stereocenters. The molecule has 4 nitrogen and oxygen atoms in total. The lowest BCUT2D eigenvalue weighted by Crippen LogP contribution is -2.60. The van der Waals surface area contributed by atoms with Gasteiger partial charge in [0, 0.05) is 30.1 Å². The summed E-state index contributed by atoms with van der Waals surface area (Å²) in [5.41, 5.74) is 1.46. The van der Waals surface area contributed by atoms with Gasteiger partial charge in [-0.15, -0.1) is 0 Å². The van der Waals surface area contributed by atoms with Crippen molar-refractivity contribution >= 4 is 17.1 Å². The van der Waals surface area contributed by atoms with Crippen LogP contribution >= 0.6 is 0 Å². The summed E-state index contributed by atoms with van der Waals surface area (Å²) < 4.78 is 26.3. The fourth-order valence-electron chi connectivity index (χ4n) is 3.11. The highest BCUT2D eigenvalue weighted by Gasteiger charge is 2.56. The van der Waals surface area contributed by atoms with E-state index >= 15 is 0 Å². The van der Waals surface area contributed by atoms with Crippen molar-refractivity contribution in [3.8, 4) is 0 Å². The predicted octanol–water partition coefficient (Wildman–Crippen LogP) is 5.93. The van der Waals surface area contributed by atoms with Gasteiger partial charge in [-0.25, -0.2) is 0 Å². The number of rotatable bonds is 12. The highest BCUT2D eigenvalue weighted by atomic mass is 28.4. The van der Waals surface area contributed by atoms with Crippen molar-refractivity contribution in [3.05, 3.63) is 0 Å². The second-order valence-electron chi connectivity index (χ2n) is 8.78. The summed E-state index contributed by atoms with van der Waals surface area (Å²) >= 11 is 0. The Labute approximate surface area is 159 Å². The lowest BCUT2D eigenvalue weighted by Gasteiger charge is -2.45. The van der Waals surface area contributed by atoms with Gasteiger partial charge in [-0.05, 0) is 66.5 Å². The third-order valence-corrected chi connectivity index (χ3v) is 14.9. The first-order valence-corrected chi connectivity index (χ1v) is 14.2. The molecule has 0 N–H and O–H groups in total. The van der Waals surface area contributed by atoms with E-state index < -0.39 is 17.1 Å². The summed E-state index contributed by atoms with van der Waals surface area (Å²) in [4.78, 5) is 0. The predicted molar refractivity (Wildman–Crippen MR) is 111 cm³/mol. The van der Waals surface area contributed by atoms with Gasteiger partial charge < -0.3 is 17.7 Å². The van der Waals surface area contributed by atoms with E-state index in [4.69, 9.17) is 17.7 Å². The normalized spacial score (nSPS) is 14.2. The van der Waals surface area contributed by atoms with Crippen LogP contribution in [0.2, 0.25) is 16.7 Å². The van der Waals surface area contributed by atoms with E-state index in [1.807, 2.05) is 0 Å². The van der Waals surface area contributed by atoms with Crippen LogP contribution in [0, 0.1) is 0 Å². The molecule has 0 fully saturated rings. The highest BCUT2D eigenvalue weighted by molar-refractivity contribution is 6.87. The molecule has 0 aromatic rings. The van der Waals surface area contributed by atoms with Gasteiger partial charge in [0.05, 0.1) is 0 Å². The number of hydrogen-bond acceptors (Lipinski definition) is 4. The zero-order valence-electron chi connectivity index (χ0n) is 18.8. The second kappa shape index (κ2) is 10.6. The molecule has 0 heterocycles. The Morgan fingerprint density at radius 3 is 0.760 bits per heavy atom. The minimum Gasteiger partial charge on any atom is -0.392 e. The van der Waals surface area contributed by atoms with Gasteiger partial charge in [0.25, 0.3) is 0 Å². The maximum Gasteiger partial charge on any atom is 0.343 e. The Hall–Kier alpha value is 0.274. The maximum absolute atomic E-state index is 6.57. The van der Waals surface area contributed by atoms with Crippen molar-refractivity contribution in [3.63, 3.8) is 0 Å². The largest absolute Gasteiger partial charge is 0.392 e. The molecule has 0 aliphatic carbocycles. The first kappa shape index (κ1) is 25.3. The maximum atomic E-state index is 6.57. The van der Waals surface area contributed by atoms with E-state index in [1.54, 1.807) is 0 Å². The summed E-state index contributed by atoms with van der Waals surface area (Å²) in [7, 11) is -5.04. The molecule has 25 heavy (non-hydrogen) atoms. The Kier molecular flexibility index (Phi) is 10.7. The molecule has 152 valence electrons. The molecule has 0 saturated heterocycles. The first-order chi connectivity index (χ1) is 11.3. The summed E-state index contributed by atoms with van der Waals surface area (Å²) in [6.07, 6.45) is 0.518. The minimum atomic E-state index is -2.52. The van der Waals surface area contributed by atoms with Gasteiger partial charge in [0.1, 0.15) is 0 Å². The molecule has 0 radical (unpaired) electrons. The van der Waals surface area contributed by atoms with E-state index in [9.17, 15) is 0 Å². The zero-order valence-corrected chi connectivity index (χ0v) is 20.8. The quantitative estimate of drug-likeness (QED) is 0.386. The van der Waals surface area contributed by atoms with E-state index in [1.165, 1.54) is 0 Å². The summed E-state index contributed by atoms with van der Waals surface area (Å²) in [6.45, 7) is 25.7. The van der Waals surface area contributed by atoms with Crippen LogP contribution in [0.1, 0.15) is 83.1 Å². The smallest absolute Gasteiger partial charge is 0.343 e. The highest BCUT2D eigenvalue weighted by Crippen LogP contribution is 2.40. The van der Waals surface area contributed by atoms with Crippen molar-refractivity contribution < 1.29 is 17.7 Å². The van der Waals surface area contributed by atoms with Crippen molar-refractivity contribution in [2.75, 3.05) is 0 Å². The minimum absolute atomic E-state index is 0.129. The van der Waals surface area contributed by atoms with E-state index in [0.29, 0.717) is 11.1 Å². The summed E-state index contributed by atoms with van der Waals surface area (Å²) in [5.74, 6) is 0. The third-order valence-electron chi connectivity index (χ3n) is 3.99. The topological polar surface area (TPSA) is 36.9 Å². The van der Waals surface area contributed by atoms with Gasteiger partial charge in [-0.1, -0.05) is 27.7 Å². The number of hydrogen-bond donors (Lipinski definition) is 0. The molecule has 0 saturated carbocycles. The van der Waals surface area contributed by atoms with Crippen molar-refractivity contribution in [2.24, 2.45) is 0 Å². The summed E-state index contributed by atoms with van der Waals surface area (Å²) in [6, 6.07) is 0. The van der Waals surface area contributed by atoms with Crippen molar-refractivity contribution in [1.82, 2.24) is 0 Å².